The SMILES string of the molecule is C=CC1(C)SC2C(NC(=O)Cc3cccc(C(=O)O)c3)C(=O)N2C1C(=O)O. The highest BCUT2D eigenvalue weighted by atomic mass is 32.2. The average molecular weight is 390 g/mol. The van der Waals surface area contributed by atoms with Crippen molar-refractivity contribution >= 4 is 35.5 Å². The van der Waals surface area contributed by atoms with Gasteiger partial charge >= 0.3 is 11.9 Å². The average Bonchev–Trinajstić information content (AvgIpc) is 2.90. The maximum Gasteiger partial charge on any atom is 0.335 e. The van der Waals surface area contributed by atoms with Crippen LogP contribution in [0.15, 0.2) is 36.9 Å². The number of benzene rings is 1. The maximum atomic E-state index is 12.4. The van der Waals surface area contributed by atoms with Crippen LogP contribution < -0.4 is 5.32 Å². The van der Waals surface area contributed by atoms with Gasteiger partial charge in [-0.2, -0.15) is 0 Å². The van der Waals surface area contributed by atoms with Gasteiger partial charge in [0.15, 0.2) is 0 Å². The van der Waals surface area contributed by atoms with Crippen molar-refractivity contribution in [2.45, 2.75) is 35.5 Å². The van der Waals surface area contributed by atoms with E-state index in [0.29, 0.717) is 5.56 Å². The Morgan fingerprint density at radius 1 is 1.37 bits per heavy atom. The first-order valence-electron chi connectivity index (χ1n) is 8.16. The van der Waals surface area contributed by atoms with Crippen LogP contribution in [-0.4, -0.2) is 61.1 Å². The molecular weight excluding hydrogens is 372 g/mol. The number of carbonyl (C=O) groups is 4. The molecule has 0 saturated carbocycles. The fourth-order valence-electron chi connectivity index (χ4n) is 3.37. The van der Waals surface area contributed by atoms with Gasteiger partial charge in [-0.25, -0.2) is 9.59 Å². The first-order chi connectivity index (χ1) is 12.7. The molecule has 1 aromatic carbocycles. The number of hydrogen-bond donors (Lipinski definition) is 3. The molecule has 2 heterocycles. The van der Waals surface area contributed by atoms with Gasteiger partial charge in [0.25, 0.3) is 0 Å². The molecule has 0 aromatic heterocycles. The van der Waals surface area contributed by atoms with Crippen LogP contribution in [0.3, 0.4) is 0 Å². The van der Waals surface area contributed by atoms with Gasteiger partial charge < -0.3 is 20.4 Å². The molecule has 9 heteroatoms. The Labute approximate surface area is 159 Å². The summed E-state index contributed by atoms with van der Waals surface area (Å²) in [6, 6.07) is 4.15. The molecule has 3 N–H and O–H groups in total. The third-order valence-corrected chi connectivity index (χ3v) is 6.41. The minimum absolute atomic E-state index is 0.0728. The lowest BCUT2D eigenvalue weighted by Gasteiger charge is -2.43. The van der Waals surface area contributed by atoms with E-state index in [9.17, 15) is 24.3 Å². The summed E-state index contributed by atoms with van der Waals surface area (Å²) in [7, 11) is 0. The fraction of sp³-hybridized carbons (Fsp3) is 0.333. The second-order valence-electron chi connectivity index (χ2n) is 6.61. The second-order valence-corrected chi connectivity index (χ2v) is 8.21. The Morgan fingerprint density at radius 3 is 2.67 bits per heavy atom. The summed E-state index contributed by atoms with van der Waals surface area (Å²) in [6.45, 7) is 5.38. The zero-order chi connectivity index (χ0) is 19.9. The van der Waals surface area contributed by atoms with E-state index >= 15 is 0 Å². The molecule has 2 aliphatic heterocycles. The van der Waals surface area contributed by atoms with E-state index in [2.05, 4.69) is 11.9 Å². The molecular formula is C18H18N2O6S. The van der Waals surface area contributed by atoms with Crippen molar-refractivity contribution in [3.8, 4) is 0 Å². The molecule has 8 nitrogen and oxygen atoms in total. The van der Waals surface area contributed by atoms with Crippen molar-refractivity contribution in [3.05, 3.63) is 48.0 Å². The minimum atomic E-state index is -1.11. The van der Waals surface area contributed by atoms with E-state index in [4.69, 9.17) is 5.11 Å². The van der Waals surface area contributed by atoms with Gasteiger partial charge in [0.05, 0.1) is 16.7 Å². The van der Waals surface area contributed by atoms with E-state index in [-0.39, 0.29) is 12.0 Å². The lowest BCUT2D eigenvalue weighted by Crippen LogP contribution is -2.70. The zero-order valence-electron chi connectivity index (χ0n) is 14.4. The van der Waals surface area contributed by atoms with E-state index in [1.54, 1.807) is 19.1 Å². The number of carbonyl (C=O) groups excluding carboxylic acids is 2. The number of nitrogens with zero attached hydrogens (tertiary/aromatic N) is 1. The highest BCUT2D eigenvalue weighted by Crippen LogP contribution is 2.51. The van der Waals surface area contributed by atoms with E-state index < -0.39 is 46.0 Å². The Kier molecular flexibility index (Phi) is 4.73. The molecule has 2 fully saturated rings. The topological polar surface area (TPSA) is 124 Å². The number of carboxylic acid groups (broad SMARTS) is 2. The summed E-state index contributed by atoms with van der Waals surface area (Å²) in [6.07, 6.45) is 1.43. The molecule has 2 amide bonds. The van der Waals surface area contributed by atoms with Crippen molar-refractivity contribution in [2.24, 2.45) is 0 Å². The lowest BCUT2D eigenvalue weighted by molar-refractivity contribution is -0.160. The molecule has 0 radical (unpaired) electrons. The molecule has 142 valence electrons. The van der Waals surface area contributed by atoms with Crippen molar-refractivity contribution < 1.29 is 29.4 Å². The summed E-state index contributed by atoms with van der Waals surface area (Å²) in [4.78, 5) is 48.6. The Bertz CT molecular complexity index is 856. The molecule has 0 aliphatic carbocycles. The molecule has 1 aromatic rings. The van der Waals surface area contributed by atoms with Crippen molar-refractivity contribution in [3.63, 3.8) is 0 Å². The highest BCUT2D eigenvalue weighted by molar-refractivity contribution is 8.02. The predicted octanol–water partition coefficient (Wildman–Crippen LogP) is 0.725. The van der Waals surface area contributed by atoms with Gasteiger partial charge in [-0.1, -0.05) is 18.2 Å². The third-order valence-electron chi connectivity index (χ3n) is 4.77. The number of amides is 2. The molecule has 0 spiro atoms. The summed E-state index contributed by atoms with van der Waals surface area (Å²) in [5, 5.41) is 20.6. The van der Waals surface area contributed by atoms with Gasteiger partial charge in [0, 0.05) is 0 Å². The van der Waals surface area contributed by atoms with Crippen LogP contribution in [0, 0.1) is 0 Å². The highest BCUT2D eigenvalue weighted by Gasteiger charge is 2.64. The second kappa shape index (κ2) is 6.73. The number of β-lactam (4-membered cyclic amide) rings is 1. The minimum Gasteiger partial charge on any atom is -0.480 e. The fourth-order valence-corrected chi connectivity index (χ4v) is 4.99. The van der Waals surface area contributed by atoms with Gasteiger partial charge in [-0.15, -0.1) is 18.3 Å². The number of thioether (sulfide) groups is 1. The Morgan fingerprint density at radius 2 is 2.07 bits per heavy atom. The Balaban J connectivity index is 1.69. The largest absolute Gasteiger partial charge is 0.480 e. The number of carboxylic acids is 2. The molecule has 27 heavy (non-hydrogen) atoms. The van der Waals surface area contributed by atoms with Gasteiger partial charge in [0.1, 0.15) is 17.5 Å². The molecule has 4 unspecified atom stereocenters. The number of rotatable bonds is 6. The molecule has 2 aliphatic rings. The van der Waals surface area contributed by atoms with E-state index in [0.717, 1.165) is 0 Å². The molecule has 4 atom stereocenters. The van der Waals surface area contributed by atoms with Crippen LogP contribution in [0.25, 0.3) is 0 Å². The first kappa shape index (κ1) is 19.0. The number of hydrogen-bond acceptors (Lipinski definition) is 5. The maximum absolute atomic E-state index is 12.4. The summed E-state index contributed by atoms with van der Waals surface area (Å²) >= 11 is 1.28. The monoisotopic (exact) mass is 390 g/mol. The van der Waals surface area contributed by atoms with Crippen LogP contribution in [0.2, 0.25) is 0 Å². The van der Waals surface area contributed by atoms with Gasteiger partial charge in [-0.3, -0.25) is 9.59 Å². The third kappa shape index (κ3) is 3.18. The first-order valence-corrected chi connectivity index (χ1v) is 9.04. The van der Waals surface area contributed by atoms with Gasteiger partial charge in [-0.05, 0) is 24.6 Å². The quantitative estimate of drug-likeness (QED) is 0.483. The van der Waals surface area contributed by atoms with E-state index in [1.165, 1.54) is 34.9 Å². The smallest absolute Gasteiger partial charge is 0.335 e. The molecule has 0 bridgehead atoms. The van der Waals surface area contributed by atoms with Crippen LogP contribution >= 0.6 is 11.8 Å². The lowest BCUT2D eigenvalue weighted by atomic mass is 9.94. The summed E-state index contributed by atoms with van der Waals surface area (Å²) < 4.78 is -0.846. The van der Waals surface area contributed by atoms with Crippen molar-refractivity contribution in [1.82, 2.24) is 10.2 Å². The normalized spacial score (nSPS) is 28.9. The number of aliphatic carboxylic acids is 1. The summed E-state index contributed by atoms with van der Waals surface area (Å²) in [5.41, 5.74) is 0.582. The van der Waals surface area contributed by atoms with Gasteiger partial charge in [0.2, 0.25) is 11.8 Å². The predicted molar refractivity (Wildman–Crippen MR) is 97.3 cm³/mol. The van der Waals surface area contributed by atoms with Crippen LogP contribution in [0.1, 0.15) is 22.8 Å². The van der Waals surface area contributed by atoms with Crippen molar-refractivity contribution in [1.29, 1.82) is 0 Å². The Hall–Kier alpha value is -2.81. The summed E-state index contributed by atoms with van der Waals surface area (Å²) in [5.74, 6) is -3.09. The number of fused-ring (bicyclic) bond motifs is 1. The molecule has 2 saturated heterocycles. The van der Waals surface area contributed by atoms with E-state index in [1.807, 2.05) is 0 Å². The number of aromatic carboxylic acids is 1. The van der Waals surface area contributed by atoms with Crippen LogP contribution in [0.5, 0.6) is 0 Å². The van der Waals surface area contributed by atoms with Crippen LogP contribution in [-0.2, 0) is 20.8 Å². The van der Waals surface area contributed by atoms with Crippen LogP contribution in [0.4, 0.5) is 0 Å². The van der Waals surface area contributed by atoms with Crippen molar-refractivity contribution in [2.75, 3.05) is 0 Å². The zero-order valence-corrected chi connectivity index (χ0v) is 15.2. The number of nitrogens with one attached hydrogen (secondary N) is 1. The molecule has 3 rings (SSSR count). The standard InChI is InChI=1S/C18H18N2O6S/c1-3-18(2)13(17(25)26)20-14(22)12(15(20)27-18)19-11(21)8-9-5-4-6-10(7-9)16(23)24/h3-7,12-13,15H,1,8H2,2H3,(H,19,21)(H,23,24)(H,25,26).